The molecule has 22 heavy (non-hydrogen) atoms. The topological polar surface area (TPSA) is 51.2 Å². The van der Waals surface area contributed by atoms with Crippen molar-refractivity contribution in [1.29, 1.82) is 0 Å². The molecule has 2 bridgehead atoms. The van der Waals surface area contributed by atoms with E-state index < -0.39 is 14.5 Å². The van der Waals surface area contributed by atoms with Gasteiger partial charge in [0.15, 0.2) is 5.78 Å². The van der Waals surface area contributed by atoms with Gasteiger partial charge in [-0.15, -0.1) is 0 Å². The largest absolute Gasteiger partial charge is 0.294 e. The van der Waals surface area contributed by atoms with E-state index in [0.29, 0.717) is 6.42 Å². The lowest BCUT2D eigenvalue weighted by Gasteiger charge is -2.34. The van der Waals surface area contributed by atoms with E-state index in [0.717, 1.165) is 17.6 Å². The zero-order valence-electron chi connectivity index (χ0n) is 12.7. The number of allylic oxidation sites excluding steroid dienone is 1. The van der Waals surface area contributed by atoms with Crippen molar-refractivity contribution in [3.8, 4) is 0 Å². The van der Waals surface area contributed by atoms with Crippen molar-refractivity contribution in [2.24, 2.45) is 16.7 Å². The molecule has 118 valence electrons. The minimum atomic E-state index is -3.73. The molecule has 2 unspecified atom stereocenters. The molecule has 2 fully saturated rings. The molecule has 0 aromatic heterocycles. The maximum absolute atomic E-state index is 13.0. The van der Waals surface area contributed by atoms with Crippen molar-refractivity contribution in [3.05, 3.63) is 41.5 Å². The Labute approximate surface area is 135 Å². The molecule has 1 aromatic carbocycles. The van der Waals surface area contributed by atoms with E-state index in [-0.39, 0.29) is 22.9 Å². The molecule has 0 amide bonds. The number of fused-ring (bicyclic) bond motifs is 2. The molecule has 3 rings (SSSR count). The van der Waals surface area contributed by atoms with Crippen LogP contribution in [0.15, 0.2) is 35.9 Å². The SMILES string of the molecule is CC1(C)C2CCC1(CS(=O)(=O)Cl)C(=O)/C2=C\c1ccccc1. The zero-order chi connectivity index (χ0) is 16.2. The van der Waals surface area contributed by atoms with Gasteiger partial charge in [-0.05, 0) is 35.8 Å². The van der Waals surface area contributed by atoms with Crippen LogP contribution in [-0.4, -0.2) is 20.0 Å². The Morgan fingerprint density at radius 2 is 1.91 bits per heavy atom. The standard InChI is InChI=1S/C17H19ClO3S/c1-16(2)14-8-9-17(16,11-22(18,20)21)15(19)13(14)10-12-6-4-3-5-7-12/h3-7,10,14H,8-9,11H2,1-2H3/b13-10-. The number of hydrogen-bond acceptors (Lipinski definition) is 3. The fourth-order valence-electron chi connectivity index (χ4n) is 4.31. The first kappa shape index (κ1) is 15.8. The molecule has 3 nitrogen and oxygen atoms in total. The van der Waals surface area contributed by atoms with Gasteiger partial charge < -0.3 is 0 Å². The Kier molecular flexibility index (Phi) is 3.53. The van der Waals surface area contributed by atoms with Crippen molar-refractivity contribution < 1.29 is 13.2 Å². The van der Waals surface area contributed by atoms with E-state index in [1.54, 1.807) is 0 Å². The number of rotatable bonds is 3. The average Bonchev–Trinajstić information content (AvgIpc) is 2.73. The summed E-state index contributed by atoms with van der Waals surface area (Å²) < 4.78 is 23.3. The molecule has 0 aliphatic heterocycles. The fourth-order valence-corrected chi connectivity index (χ4v) is 6.10. The Morgan fingerprint density at radius 3 is 2.50 bits per heavy atom. The van der Waals surface area contributed by atoms with Gasteiger partial charge in [0.05, 0.1) is 11.2 Å². The molecule has 2 aliphatic rings. The zero-order valence-corrected chi connectivity index (χ0v) is 14.2. The van der Waals surface area contributed by atoms with Gasteiger partial charge in [0.1, 0.15) is 0 Å². The quantitative estimate of drug-likeness (QED) is 0.624. The van der Waals surface area contributed by atoms with Gasteiger partial charge in [0, 0.05) is 16.3 Å². The lowest BCUT2D eigenvalue weighted by molar-refractivity contribution is -0.125. The summed E-state index contributed by atoms with van der Waals surface area (Å²) in [4.78, 5) is 13.0. The molecule has 0 N–H and O–H groups in total. The Balaban J connectivity index is 2.09. The molecular weight excluding hydrogens is 320 g/mol. The molecule has 0 heterocycles. The predicted molar refractivity (Wildman–Crippen MR) is 88.0 cm³/mol. The molecule has 5 heteroatoms. The summed E-state index contributed by atoms with van der Waals surface area (Å²) in [6, 6.07) is 9.67. The van der Waals surface area contributed by atoms with Gasteiger partial charge in [-0.3, -0.25) is 4.79 Å². The monoisotopic (exact) mass is 338 g/mol. The molecule has 0 saturated heterocycles. The number of hydrogen-bond donors (Lipinski definition) is 0. The van der Waals surface area contributed by atoms with Crippen LogP contribution in [0.1, 0.15) is 32.3 Å². The van der Waals surface area contributed by atoms with Crippen LogP contribution in [0.2, 0.25) is 0 Å². The van der Waals surface area contributed by atoms with E-state index in [1.165, 1.54) is 0 Å². The van der Waals surface area contributed by atoms with E-state index in [9.17, 15) is 13.2 Å². The van der Waals surface area contributed by atoms with Crippen molar-refractivity contribution in [2.75, 3.05) is 5.75 Å². The highest BCUT2D eigenvalue weighted by molar-refractivity contribution is 8.13. The lowest BCUT2D eigenvalue weighted by Crippen LogP contribution is -2.41. The minimum absolute atomic E-state index is 0.0400. The van der Waals surface area contributed by atoms with Crippen LogP contribution in [0, 0.1) is 16.7 Å². The van der Waals surface area contributed by atoms with Crippen LogP contribution >= 0.6 is 10.7 Å². The molecule has 1 aromatic rings. The molecule has 0 spiro atoms. The minimum Gasteiger partial charge on any atom is -0.294 e. The van der Waals surface area contributed by atoms with Gasteiger partial charge in [-0.1, -0.05) is 44.2 Å². The van der Waals surface area contributed by atoms with Gasteiger partial charge >= 0.3 is 0 Å². The van der Waals surface area contributed by atoms with Gasteiger partial charge in [-0.2, -0.15) is 0 Å². The normalized spacial score (nSPS) is 31.9. The van der Waals surface area contributed by atoms with Crippen molar-refractivity contribution in [2.45, 2.75) is 26.7 Å². The van der Waals surface area contributed by atoms with Gasteiger partial charge in [0.25, 0.3) is 0 Å². The number of carbonyl (C=O) groups is 1. The third-order valence-corrected chi connectivity index (χ3v) is 6.74. The van der Waals surface area contributed by atoms with Crippen LogP contribution < -0.4 is 0 Å². The summed E-state index contributed by atoms with van der Waals surface area (Å²) in [6.45, 7) is 3.99. The summed E-state index contributed by atoms with van der Waals surface area (Å²) >= 11 is 0. The molecule has 2 saturated carbocycles. The maximum Gasteiger partial charge on any atom is 0.233 e. The van der Waals surface area contributed by atoms with Crippen LogP contribution in [0.4, 0.5) is 0 Å². The highest BCUT2D eigenvalue weighted by Crippen LogP contribution is 2.66. The number of halogens is 1. The first-order chi connectivity index (χ1) is 10.2. The van der Waals surface area contributed by atoms with Crippen LogP contribution in [0.3, 0.4) is 0 Å². The maximum atomic E-state index is 13.0. The van der Waals surface area contributed by atoms with Crippen molar-refractivity contribution in [3.63, 3.8) is 0 Å². The Bertz CT molecular complexity index is 749. The third kappa shape index (κ3) is 2.24. The first-order valence-corrected chi connectivity index (χ1v) is 9.89. The van der Waals surface area contributed by atoms with E-state index in [1.807, 2.05) is 50.3 Å². The summed E-state index contributed by atoms with van der Waals surface area (Å²) in [5.74, 6) is -0.212. The molecular formula is C17H19ClO3S. The van der Waals surface area contributed by atoms with Crippen LogP contribution in [0.25, 0.3) is 6.08 Å². The van der Waals surface area contributed by atoms with E-state index >= 15 is 0 Å². The number of benzene rings is 1. The van der Waals surface area contributed by atoms with Crippen LogP contribution in [-0.2, 0) is 13.8 Å². The number of Topliss-reactive ketones (excluding diaryl/α,β-unsaturated/α-hetero) is 1. The molecule has 2 atom stereocenters. The second kappa shape index (κ2) is 4.93. The van der Waals surface area contributed by atoms with Crippen LogP contribution in [0.5, 0.6) is 0 Å². The second-order valence-corrected chi connectivity index (χ2v) is 9.69. The highest BCUT2D eigenvalue weighted by atomic mass is 35.7. The second-order valence-electron chi connectivity index (χ2n) is 6.92. The number of carbonyl (C=O) groups excluding carboxylic acids is 1. The predicted octanol–water partition coefficient (Wildman–Crippen LogP) is 3.64. The smallest absolute Gasteiger partial charge is 0.233 e. The summed E-state index contributed by atoms with van der Waals surface area (Å²) in [5, 5.41) is 0. The first-order valence-electron chi connectivity index (χ1n) is 7.41. The highest BCUT2D eigenvalue weighted by Gasteiger charge is 2.67. The van der Waals surface area contributed by atoms with Gasteiger partial charge in [0.2, 0.25) is 9.05 Å². The van der Waals surface area contributed by atoms with E-state index in [2.05, 4.69) is 0 Å². The van der Waals surface area contributed by atoms with Gasteiger partial charge in [-0.25, -0.2) is 8.42 Å². The average molecular weight is 339 g/mol. The van der Waals surface area contributed by atoms with Crippen molar-refractivity contribution in [1.82, 2.24) is 0 Å². The lowest BCUT2D eigenvalue weighted by atomic mass is 9.70. The summed E-state index contributed by atoms with van der Waals surface area (Å²) in [5.41, 5.74) is 0.465. The summed E-state index contributed by atoms with van der Waals surface area (Å²) in [6.07, 6.45) is 3.35. The van der Waals surface area contributed by atoms with Crippen molar-refractivity contribution >= 4 is 31.6 Å². The Hall–Kier alpha value is -1.13. The molecule has 0 radical (unpaired) electrons. The third-order valence-electron chi connectivity index (χ3n) is 5.58. The molecule has 2 aliphatic carbocycles. The fraction of sp³-hybridized carbons (Fsp3) is 0.471. The number of ketones is 1. The Morgan fingerprint density at radius 1 is 1.27 bits per heavy atom. The summed E-state index contributed by atoms with van der Waals surface area (Å²) in [7, 11) is 1.77. The van der Waals surface area contributed by atoms with E-state index in [4.69, 9.17) is 10.7 Å².